The van der Waals surface area contributed by atoms with Gasteiger partial charge < -0.3 is 10.3 Å². The first-order chi connectivity index (χ1) is 9.63. The highest BCUT2D eigenvalue weighted by Gasteiger charge is 2.42. The molecule has 2 fully saturated rings. The molecular formula is C16H20IN3. The van der Waals surface area contributed by atoms with E-state index >= 15 is 0 Å². The van der Waals surface area contributed by atoms with Crippen LogP contribution in [0.25, 0.3) is 11.0 Å². The minimum atomic E-state index is 0.468. The van der Waals surface area contributed by atoms with Gasteiger partial charge in [0.1, 0.15) is 0 Å². The van der Waals surface area contributed by atoms with Gasteiger partial charge in [0.2, 0.25) is 5.95 Å². The summed E-state index contributed by atoms with van der Waals surface area (Å²) in [5.41, 5.74) is 8.44. The summed E-state index contributed by atoms with van der Waals surface area (Å²) < 4.78 is 3.49. The molecule has 2 aliphatic rings. The fourth-order valence-electron chi connectivity index (χ4n) is 4.59. The van der Waals surface area contributed by atoms with Crippen molar-refractivity contribution in [1.82, 2.24) is 9.55 Å². The molecule has 1 aromatic carbocycles. The molecule has 2 bridgehead atoms. The third-order valence-electron chi connectivity index (χ3n) is 5.50. The standard InChI is InChI=1S/C16H20IN3/c1-9(13-7-10-2-3-11(13)6-10)20-15-5-4-12(17)8-14(15)19-16(20)18/h4-5,8-11,13H,2-3,6-7H2,1H3,(H2,18,19). The number of imidazole rings is 1. The van der Waals surface area contributed by atoms with Crippen LogP contribution in [0.4, 0.5) is 5.95 Å². The molecule has 0 saturated heterocycles. The van der Waals surface area contributed by atoms with E-state index in [1.165, 1.54) is 34.8 Å². The topological polar surface area (TPSA) is 43.8 Å². The minimum Gasteiger partial charge on any atom is -0.369 e. The second-order valence-corrected chi connectivity index (χ2v) is 7.80. The molecule has 2 aliphatic carbocycles. The molecule has 106 valence electrons. The van der Waals surface area contributed by atoms with Crippen LogP contribution in [0.5, 0.6) is 0 Å². The molecule has 4 atom stereocenters. The van der Waals surface area contributed by atoms with Crippen LogP contribution in [0.2, 0.25) is 0 Å². The van der Waals surface area contributed by atoms with Crippen LogP contribution in [0.1, 0.15) is 38.6 Å². The van der Waals surface area contributed by atoms with Gasteiger partial charge in [0.25, 0.3) is 0 Å². The highest BCUT2D eigenvalue weighted by atomic mass is 127. The molecular weight excluding hydrogens is 361 g/mol. The average molecular weight is 381 g/mol. The van der Waals surface area contributed by atoms with Crippen LogP contribution in [0, 0.1) is 21.3 Å². The van der Waals surface area contributed by atoms with E-state index in [9.17, 15) is 0 Å². The second-order valence-electron chi connectivity index (χ2n) is 6.55. The van der Waals surface area contributed by atoms with Crippen LogP contribution in [-0.4, -0.2) is 9.55 Å². The molecule has 1 heterocycles. The third-order valence-corrected chi connectivity index (χ3v) is 6.17. The molecule has 4 unspecified atom stereocenters. The number of aromatic nitrogens is 2. The molecule has 0 amide bonds. The van der Waals surface area contributed by atoms with Crippen molar-refractivity contribution in [3.05, 3.63) is 21.8 Å². The van der Waals surface area contributed by atoms with E-state index in [0.29, 0.717) is 12.0 Å². The van der Waals surface area contributed by atoms with E-state index < -0.39 is 0 Å². The lowest BCUT2D eigenvalue weighted by Gasteiger charge is -2.29. The van der Waals surface area contributed by atoms with Crippen molar-refractivity contribution in [2.75, 3.05) is 5.73 Å². The Kier molecular flexibility index (Phi) is 2.98. The van der Waals surface area contributed by atoms with Gasteiger partial charge >= 0.3 is 0 Å². The summed E-state index contributed by atoms with van der Waals surface area (Å²) >= 11 is 2.33. The Labute approximate surface area is 133 Å². The van der Waals surface area contributed by atoms with Crippen molar-refractivity contribution >= 4 is 39.6 Å². The Morgan fingerprint density at radius 2 is 2.20 bits per heavy atom. The molecule has 0 aliphatic heterocycles. The van der Waals surface area contributed by atoms with E-state index in [1.807, 2.05) is 0 Å². The molecule has 4 rings (SSSR count). The fourth-order valence-corrected chi connectivity index (χ4v) is 5.07. The summed E-state index contributed by atoms with van der Waals surface area (Å²) in [7, 11) is 0. The maximum Gasteiger partial charge on any atom is 0.201 e. The van der Waals surface area contributed by atoms with Gasteiger partial charge in [-0.15, -0.1) is 0 Å². The molecule has 20 heavy (non-hydrogen) atoms. The van der Waals surface area contributed by atoms with Gasteiger partial charge in [-0.2, -0.15) is 0 Å². The molecule has 3 nitrogen and oxygen atoms in total. The summed E-state index contributed by atoms with van der Waals surface area (Å²) in [4.78, 5) is 4.56. The molecule has 2 saturated carbocycles. The number of hydrogen-bond donors (Lipinski definition) is 1. The zero-order valence-corrected chi connectivity index (χ0v) is 13.9. The van der Waals surface area contributed by atoms with Crippen LogP contribution >= 0.6 is 22.6 Å². The molecule has 1 aromatic heterocycles. The third kappa shape index (κ3) is 1.87. The summed E-state index contributed by atoms with van der Waals surface area (Å²) in [5, 5.41) is 0. The normalized spacial score (nSPS) is 30.2. The predicted octanol–water partition coefficient (Wildman–Crippen LogP) is 4.22. The highest BCUT2D eigenvalue weighted by molar-refractivity contribution is 14.1. The lowest BCUT2D eigenvalue weighted by molar-refractivity contribution is 0.248. The van der Waals surface area contributed by atoms with Crippen molar-refractivity contribution in [3.63, 3.8) is 0 Å². The number of fused-ring (bicyclic) bond motifs is 3. The SMILES string of the molecule is CC(C1CC2CCC1C2)n1c(N)nc2cc(I)ccc21. The smallest absolute Gasteiger partial charge is 0.201 e. The lowest BCUT2D eigenvalue weighted by atomic mass is 9.84. The minimum absolute atomic E-state index is 0.468. The Bertz CT molecular complexity index is 663. The number of hydrogen-bond acceptors (Lipinski definition) is 2. The van der Waals surface area contributed by atoms with Gasteiger partial charge in [-0.3, -0.25) is 0 Å². The van der Waals surface area contributed by atoms with Crippen molar-refractivity contribution in [2.45, 2.75) is 38.6 Å². The van der Waals surface area contributed by atoms with Crippen LogP contribution in [-0.2, 0) is 0 Å². The largest absolute Gasteiger partial charge is 0.369 e. The monoisotopic (exact) mass is 381 g/mol. The van der Waals surface area contributed by atoms with E-state index in [-0.39, 0.29) is 0 Å². The highest BCUT2D eigenvalue weighted by Crippen LogP contribution is 2.52. The van der Waals surface area contributed by atoms with E-state index in [1.54, 1.807) is 0 Å². The number of halogens is 1. The maximum atomic E-state index is 6.22. The fraction of sp³-hybridized carbons (Fsp3) is 0.562. The Hall–Kier alpha value is -0.780. The zero-order chi connectivity index (χ0) is 13.9. The number of anilines is 1. The zero-order valence-electron chi connectivity index (χ0n) is 11.7. The Morgan fingerprint density at radius 3 is 2.90 bits per heavy atom. The first-order valence-electron chi connectivity index (χ1n) is 7.56. The lowest BCUT2D eigenvalue weighted by Crippen LogP contribution is -2.23. The second kappa shape index (κ2) is 4.61. The van der Waals surface area contributed by atoms with Gasteiger partial charge in [-0.1, -0.05) is 6.42 Å². The van der Waals surface area contributed by atoms with Crippen LogP contribution in [0.15, 0.2) is 18.2 Å². The number of rotatable bonds is 2. The molecule has 2 aromatic rings. The molecule has 0 radical (unpaired) electrons. The summed E-state index contributed by atoms with van der Waals surface area (Å²) in [6.45, 7) is 2.33. The Morgan fingerprint density at radius 1 is 1.35 bits per heavy atom. The molecule has 0 spiro atoms. The number of nitrogens with zero attached hydrogens (tertiary/aromatic N) is 2. The average Bonchev–Trinajstić information content (AvgIpc) is 3.10. The number of nitrogen functional groups attached to an aromatic ring is 1. The van der Waals surface area contributed by atoms with Gasteiger partial charge in [0, 0.05) is 9.61 Å². The summed E-state index contributed by atoms with van der Waals surface area (Å²) in [5.74, 6) is 3.35. The number of nitrogens with two attached hydrogens (primary N) is 1. The quantitative estimate of drug-likeness (QED) is 0.792. The van der Waals surface area contributed by atoms with Gasteiger partial charge in [-0.05, 0) is 84.7 Å². The van der Waals surface area contributed by atoms with E-state index in [4.69, 9.17) is 5.73 Å². The first-order valence-corrected chi connectivity index (χ1v) is 8.64. The van der Waals surface area contributed by atoms with Crippen LogP contribution < -0.4 is 5.73 Å². The van der Waals surface area contributed by atoms with Gasteiger partial charge in [0.05, 0.1) is 11.0 Å². The predicted molar refractivity (Wildman–Crippen MR) is 90.5 cm³/mol. The van der Waals surface area contributed by atoms with E-state index in [2.05, 4.69) is 57.3 Å². The van der Waals surface area contributed by atoms with Crippen molar-refractivity contribution in [1.29, 1.82) is 0 Å². The maximum absolute atomic E-state index is 6.22. The molecule has 4 heteroatoms. The van der Waals surface area contributed by atoms with Crippen molar-refractivity contribution in [3.8, 4) is 0 Å². The van der Waals surface area contributed by atoms with Crippen molar-refractivity contribution < 1.29 is 0 Å². The summed E-state index contributed by atoms with van der Waals surface area (Å²) in [6.07, 6.45) is 5.70. The van der Waals surface area contributed by atoms with Crippen molar-refractivity contribution in [2.24, 2.45) is 17.8 Å². The Balaban J connectivity index is 1.76. The molecule has 2 N–H and O–H groups in total. The van der Waals surface area contributed by atoms with E-state index in [0.717, 1.165) is 23.3 Å². The van der Waals surface area contributed by atoms with Gasteiger partial charge in [0.15, 0.2) is 0 Å². The van der Waals surface area contributed by atoms with Crippen LogP contribution in [0.3, 0.4) is 0 Å². The summed E-state index contributed by atoms with van der Waals surface area (Å²) in [6, 6.07) is 6.91. The van der Waals surface area contributed by atoms with Gasteiger partial charge in [-0.25, -0.2) is 4.98 Å². The number of benzene rings is 1. The first kappa shape index (κ1) is 12.9.